The number of fused-ring (bicyclic) bond motifs is 9. The molecule has 0 atom stereocenters. The van der Waals surface area contributed by atoms with Crippen molar-refractivity contribution in [1.82, 2.24) is 0 Å². The third-order valence-corrected chi connectivity index (χ3v) is 11.8. The molecule has 232 valence electrons. The smallest absolute Gasteiger partial charge is 0.0554 e. The molecule has 0 bridgehead atoms. The first-order valence-electron chi connectivity index (χ1n) is 17.0. The number of anilines is 3. The average molecular weight is 644 g/mol. The Bertz CT molecular complexity index is 2770. The van der Waals surface area contributed by atoms with Crippen molar-refractivity contribution in [3.8, 4) is 22.3 Å². The van der Waals surface area contributed by atoms with Crippen LogP contribution >= 0.6 is 11.3 Å². The number of benzene rings is 8. The maximum absolute atomic E-state index is 2.54. The van der Waals surface area contributed by atoms with Crippen molar-refractivity contribution in [2.24, 2.45) is 0 Å². The van der Waals surface area contributed by atoms with Crippen LogP contribution in [0.3, 0.4) is 0 Å². The van der Waals surface area contributed by atoms with Crippen LogP contribution in [0.4, 0.5) is 17.1 Å². The maximum Gasteiger partial charge on any atom is 0.0554 e. The lowest BCUT2D eigenvalue weighted by Crippen LogP contribution is -2.16. The summed E-state index contributed by atoms with van der Waals surface area (Å²) in [6, 6.07) is 60.7. The lowest BCUT2D eigenvalue weighted by atomic mass is 9.82. The summed E-state index contributed by atoms with van der Waals surface area (Å²) in [7, 11) is 0. The van der Waals surface area contributed by atoms with Gasteiger partial charge in [-0.2, -0.15) is 0 Å². The number of thiophene rings is 1. The van der Waals surface area contributed by atoms with Gasteiger partial charge in [-0.3, -0.25) is 0 Å². The summed E-state index contributed by atoms with van der Waals surface area (Å²) in [6.07, 6.45) is 0. The first kappa shape index (κ1) is 28.3. The zero-order chi connectivity index (χ0) is 32.7. The molecule has 49 heavy (non-hydrogen) atoms. The van der Waals surface area contributed by atoms with E-state index >= 15 is 0 Å². The molecule has 0 aliphatic heterocycles. The zero-order valence-corrected chi connectivity index (χ0v) is 28.3. The number of hydrogen-bond donors (Lipinski definition) is 0. The van der Waals surface area contributed by atoms with Gasteiger partial charge in [0.2, 0.25) is 0 Å². The lowest BCUT2D eigenvalue weighted by molar-refractivity contribution is 0.660. The van der Waals surface area contributed by atoms with Crippen molar-refractivity contribution in [1.29, 1.82) is 0 Å². The van der Waals surface area contributed by atoms with Crippen molar-refractivity contribution in [2.75, 3.05) is 4.90 Å². The predicted octanol–water partition coefficient (Wildman–Crippen LogP) is 13.8. The Morgan fingerprint density at radius 3 is 2.12 bits per heavy atom. The second kappa shape index (κ2) is 10.7. The standard InChI is InChI=1S/C47H33NS/c1-47(2)39-19-7-5-18-38(39)45-40(47)20-11-22-42(45)48(35-16-9-15-33(29-35)34-25-24-30-12-3-4-13-32(30)28-34)41-21-10-14-31-26-27-37-36-17-6-8-23-43(36)49-46(37)44(31)41/h3-29H,1-2H3. The molecule has 0 N–H and O–H groups in total. The Hall–Kier alpha value is -5.70. The van der Waals surface area contributed by atoms with E-state index in [2.05, 4.69) is 183 Å². The van der Waals surface area contributed by atoms with E-state index in [1.165, 1.54) is 86.5 Å². The summed E-state index contributed by atoms with van der Waals surface area (Å²) in [5.41, 5.74) is 11.3. The molecule has 1 aliphatic carbocycles. The highest BCUT2D eigenvalue weighted by Gasteiger charge is 2.38. The van der Waals surface area contributed by atoms with E-state index in [9.17, 15) is 0 Å². The Balaban J connectivity index is 1.29. The average Bonchev–Trinajstić information content (AvgIpc) is 3.64. The molecule has 10 rings (SSSR count). The van der Waals surface area contributed by atoms with Gasteiger partial charge in [-0.25, -0.2) is 0 Å². The van der Waals surface area contributed by atoms with Crippen molar-refractivity contribution in [3.63, 3.8) is 0 Å². The van der Waals surface area contributed by atoms with Gasteiger partial charge < -0.3 is 4.90 Å². The molecule has 0 radical (unpaired) electrons. The third kappa shape index (κ3) is 4.24. The minimum absolute atomic E-state index is 0.0992. The summed E-state index contributed by atoms with van der Waals surface area (Å²) < 4.78 is 2.65. The molecular formula is C47H33NS. The highest BCUT2D eigenvalue weighted by molar-refractivity contribution is 7.26. The van der Waals surface area contributed by atoms with E-state index in [0.29, 0.717) is 0 Å². The normalized spacial score (nSPS) is 13.3. The van der Waals surface area contributed by atoms with Gasteiger partial charge in [0.15, 0.2) is 0 Å². The van der Waals surface area contributed by atoms with Crippen molar-refractivity contribution in [2.45, 2.75) is 19.3 Å². The Morgan fingerprint density at radius 2 is 1.18 bits per heavy atom. The van der Waals surface area contributed by atoms with Gasteiger partial charge in [-0.1, -0.05) is 141 Å². The van der Waals surface area contributed by atoms with Gasteiger partial charge in [0.25, 0.3) is 0 Å². The minimum Gasteiger partial charge on any atom is -0.309 e. The van der Waals surface area contributed by atoms with Crippen LogP contribution in [-0.4, -0.2) is 0 Å². The van der Waals surface area contributed by atoms with E-state index in [0.717, 1.165) is 5.69 Å². The topological polar surface area (TPSA) is 3.24 Å². The van der Waals surface area contributed by atoms with E-state index in [1.807, 2.05) is 11.3 Å². The van der Waals surface area contributed by atoms with Gasteiger partial charge in [0, 0.05) is 42.2 Å². The fourth-order valence-corrected chi connectivity index (χ4v) is 9.51. The van der Waals surface area contributed by atoms with Gasteiger partial charge in [0.1, 0.15) is 0 Å². The molecule has 0 saturated heterocycles. The van der Waals surface area contributed by atoms with Crippen LogP contribution in [0.1, 0.15) is 25.0 Å². The summed E-state index contributed by atoms with van der Waals surface area (Å²) in [4.78, 5) is 2.54. The first-order chi connectivity index (χ1) is 24.1. The molecule has 2 heteroatoms. The summed E-state index contributed by atoms with van der Waals surface area (Å²) in [5, 5.41) is 7.69. The van der Waals surface area contributed by atoms with Crippen molar-refractivity contribution in [3.05, 3.63) is 175 Å². The van der Waals surface area contributed by atoms with Crippen LogP contribution < -0.4 is 4.90 Å². The fourth-order valence-electron chi connectivity index (χ4n) is 8.24. The molecule has 1 heterocycles. The van der Waals surface area contributed by atoms with E-state index in [-0.39, 0.29) is 5.41 Å². The van der Waals surface area contributed by atoms with E-state index in [1.54, 1.807) is 0 Å². The van der Waals surface area contributed by atoms with E-state index in [4.69, 9.17) is 0 Å². The summed E-state index contributed by atoms with van der Waals surface area (Å²) in [6.45, 7) is 4.73. The van der Waals surface area contributed by atoms with Gasteiger partial charge in [-0.05, 0) is 80.4 Å². The molecule has 0 spiro atoms. The molecule has 1 nitrogen and oxygen atoms in total. The van der Waals surface area contributed by atoms with E-state index < -0.39 is 0 Å². The Morgan fingerprint density at radius 1 is 0.490 bits per heavy atom. The molecule has 0 fully saturated rings. The second-order valence-electron chi connectivity index (χ2n) is 13.7. The Labute approximate surface area is 290 Å². The van der Waals surface area contributed by atoms with Gasteiger partial charge in [0.05, 0.1) is 11.4 Å². The summed E-state index contributed by atoms with van der Waals surface area (Å²) >= 11 is 1.90. The largest absolute Gasteiger partial charge is 0.309 e. The number of hydrogen-bond acceptors (Lipinski definition) is 2. The molecule has 1 aliphatic rings. The van der Waals surface area contributed by atoms with Gasteiger partial charge in [-0.15, -0.1) is 11.3 Å². The highest BCUT2D eigenvalue weighted by Crippen LogP contribution is 2.55. The minimum atomic E-state index is -0.0992. The zero-order valence-electron chi connectivity index (χ0n) is 27.4. The SMILES string of the molecule is CC1(C)c2ccccc2-c2c(N(c3cccc(-c4ccc5ccccc5c4)c3)c3cccc4ccc5c6ccccc6sc5c34)cccc21. The van der Waals surface area contributed by atoms with Crippen LogP contribution in [0.25, 0.3) is 64.0 Å². The number of nitrogens with zero attached hydrogens (tertiary/aromatic N) is 1. The predicted molar refractivity (Wildman–Crippen MR) is 212 cm³/mol. The summed E-state index contributed by atoms with van der Waals surface area (Å²) in [5.74, 6) is 0. The molecule has 8 aromatic carbocycles. The van der Waals surface area contributed by atoms with Crippen LogP contribution in [0.15, 0.2) is 164 Å². The first-order valence-corrected chi connectivity index (χ1v) is 17.8. The lowest BCUT2D eigenvalue weighted by Gasteiger charge is -2.30. The van der Waals surface area contributed by atoms with Crippen molar-refractivity contribution < 1.29 is 0 Å². The molecule has 0 unspecified atom stereocenters. The van der Waals surface area contributed by atoms with Crippen molar-refractivity contribution >= 4 is 70.1 Å². The maximum atomic E-state index is 2.54. The second-order valence-corrected chi connectivity index (χ2v) is 14.8. The van der Waals surface area contributed by atoms with Gasteiger partial charge >= 0.3 is 0 Å². The highest BCUT2D eigenvalue weighted by atomic mass is 32.1. The fraction of sp³-hybridized carbons (Fsp3) is 0.0638. The molecular weight excluding hydrogens is 611 g/mol. The van der Waals surface area contributed by atoms with Crippen LogP contribution in [-0.2, 0) is 5.41 Å². The molecule has 0 amide bonds. The van der Waals surface area contributed by atoms with Crippen LogP contribution in [0, 0.1) is 0 Å². The van der Waals surface area contributed by atoms with Crippen LogP contribution in [0.2, 0.25) is 0 Å². The quantitative estimate of drug-likeness (QED) is 0.184. The molecule has 1 aromatic heterocycles. The van der Waals surface area contributed by atoms with Crippen LogP contribution in [0.5, 0.6) is 0 Å². The third-order valence-electron chi connectivity index (χ3n) is 10.6. The monoisotopic (exact) mass is 643 g/mol. The molecule has 9 aromatic rings. The Kier molecular flexibility index (Phi) is 6.16. The number of rotatable bonds is 4. The molecule has 0 saturated carbocycles.